The van der Waals surface area contributed by atoms with E-state index < -0.39 is 11.5 Å². The summed E-state index contributed by atoms with van der Waals surface area (Å²) in [5.41, 5.74) is -0.485. The van der Waals surface area contributed by atoms with Crippen LogP contribution < -0.4 is 10.6 Å². The van der Waals surface area contributed by atoms with Gasteiger partial charge in [-0.2, -0.15) is 0 Å². The van der Waals surface area contributed by atoms with Gasteiger partial charge in [-0.25, -0.2) is 0 Å². The van der Waals surface area contributed by atoms with Crippen LogP contribution in [0.1, 0.15) is 39.5 Å². The average Bonchev–Trinajstić information content (AvgIpc) is 2.83. The van der Waals surface area contributed by atoms with Crippen molar-refractivity contribution >= 4 is 11.8 Å². The lowest BCUT2D eigenvalue weighted by atomic mass is 9.85. The van der Waals surface area contributed by atoms with Crippen molar-refractivity contribution in [2.24, 2.45) is 11.3 Å². The lowest BCUT2D eigenvalue weighted by Gasteiger charge is -2.28. The average molecular weight is 256 g/mol. The Balaban J connectivity index is 2.59. The fourth-order valence-electron chi connectivity index (χ4n) is 2.46. The summed E-state index contributed by atoms with van der Waals surface area (Å²) in [6, 6.07) is 0. The fraction of sp³-hybridized carbons (Fsp3) is 0.846. The van der Waals surface area contributed by atoms with Gasteiger partial charge in [0.25, 0.3) is 0 Å². The number of aliphatic hydroxyl groups is 1. The van der Waals surface area contributed by atoms with E-state index in [2.05, 4.69) is 10.6 Å². The number of hydrogen-bond acceptors (Lipinski definition) is 3. The van der Waals surface area contributed by atoms with Crippen molar-refractivity contribution in [3.05, 3.63) is 0 Å². The van der Waals surface area contributed by atoms with Crippen molar-refractivity contribution in [3.63, 3.8) is 0 Å². The summed E-state index contributed by atoms with van der Waals surface area (Å²) in [6.45, 7) is 3.89. The third kappa shape index (κ3) is 3.22. The maximum absolute atomic E-state index is 11.9. The number of rotatable bonds is 5. The normalized spacial score (nSPS) is 19.6. The first-order valence-corrected chi connectivity index (χ1v) is 6.61. The van der Waals surface area contributed by atoms with Crippen LogP contribution in [0.5, 0.6) is 0 Å². The molecule has 1 rings (SSSR count). The van der Waals surface area contributed by atoms with Crippen molar-refractivity contribution in [1.29, 1.82) is 0 Å². The Labute approximate surface area is 108 Å². The molecule has 1 atom stereocenters. The van der Waals surface area contributed by atoms with E-state index in [1.807, 2.05) is 0 Å². The predicted octanol–water partition coefficient (Wildman–Crippen LogP) is 0.426. The summed E-state index contributed by atoms with van der Waals surface area (Å²) in [4.78, 5) is 23.6. The number of hydrogen-bond donors (Lipinski definition) is 3. The first-order valence-electron chi connectivity index (χ1n) is 6.61. The molecule has 1 aliphatic rings. The van der Waals surface area contributed by atoms with Crippen molar-refractivity contribution in [2.45, 2.75) is 45.6 Å². The number of nitrogens with one attached hydrogen (secondary N) is 2. The maximum Gasteiger partial charge on any atom is 0.249 e. The van der Waals surface area contributed by atoms with Crippen molar-refractivity contribution < 1.29 is 14.7 Å². The topological polar surface area (TPSA) is 78.4 Å². The molecule has 3 N–H and O–H groups in total. The second-order valence-corrected chi connectivity index (χ2v) is 5.47. The van der Waals surface area contributed by atoms with Gasteiger partial charge in [0.15, 0.2) is 0 Å². The van der Waals surface area contributed by atoms with Gasteiger partial charge < -0.3 is 15.7 Å². The quantitative estimate of drug-likeness (QED) is 0.667. The lowest BCUT2D eigenvalue weighted by molar-refractivity contribution is -0.134. The Bertz CT molecular complexity index is 309. The van der Waals surface area contributed by atoms with E-state index in [0.29, 0.717) is 6.54 Å². The highest BCUT2D eigenvalue weighted by Crippen LogP contribution is 2.37. The van der Waals surface area contributed by atoms with Gasteiger partial charge in [-0.05, 0) is 18.8 Å². The highest BCUT2D eigenvalue weighted by atomic mass is 16.3. The Morgan fingerprint density at radius 1 is 1.28 bits per heavy atom. The molecule has 0 heterocycles. The Hall–Kier alpha value is -1.10. The van der Waals surface area contributed by atoms with Crippen LogP contribution in [0.2, 0.25) is 0 Å². The van der Waals surface area contributed by atoms with Gasteiger partial charge in [0.2, 0.25) is 11.8 Å². The zero-order valence-electron chi connectivity index (χ0n) is 11.5. The molecule has 0 aromatic heterocycles. The molecule has 1 aliphatic carbocycles. The standard InChI is InChI=1S/C13H24N2O3/c1-9(2)10(16)11(17)15-8-13(12(18)14-3)6-4-5-7-13/h9-10,16H,4-8H2,1-3H3,(H,14,18)(H,15,17). The predicted molar refractivity (Wildman–Crippen MR) is 68.8 cm³/mol. The van der Waals surface area contributed by atoms with Crippen LogP contribution in [0.3, 0.4) is 0 Å². The number of carbonyl (C=O) groups is 2. The largest absolute Gasteiger partial charge is 0.383 e. The molecule has 104 valence electrons. The summed E-state index contributed by atoms with van der Waals surface area (Å²) < 4.78 is 0. The van der Waals surface area contributed by atoms with E-state index in [-0.39, 0.29) is 17.7 Å². The molecule has 0 aliphatic heterocycles. The molecule has 0 aromatic carbocycles. The van der Waals surface area contributed by atoms with Gasteiger partial charge in [0, 0.05) is 13.6 Å². The summed E-state index contributed by atoms with van der Waals surface area (Å²) in [7, 11) is 1.62. The third-order valence-electron chi connectivity index (χ3n) is 3.77. The zero-order chi connectivity index (χ0) is 13.8. The molecule has 0 spiro atoms. The molecule has 1 fully saturated rings. The molecule has 5 nitrogen and oxygen atoms in total. The van der Waals surface area contributed by atoms with Crippen LogP contribution in [0.15, 0.2) is 0 Å². The molecular weight excluding hydrogens is 232 g/mol. The van der Waals surface area contributed by atoms with Gasteiger partial charge in [-0.15, -0.1) is 0 Å². The second kappa shape index (κ2) is 6.18. The molecule has 2 amide bonds. The monoisotopic (exact) mass is 256 g/mol. The molecule has 0 radical (unpaired) electrons. The molecule has 5 heteroatoms. The first-order chi connectivity index (χ1) is 8.43. The Morgan fingerprint density at radius 2 is 1.83 bits per heavy atom. The van der Waals surface area contributed by atoms with Gasteiger partial charge >= 0.3 is 0 Å². The van der Waals surface area contributed by atoms with Crippen LogP contribution in [0.4, 0.5) is 0 Å². The molecular formula is C13H24N2O3. The summed E-state index contributed by atoms with van der Waals surface area (Å²) >= 11 is 0. The molecule has 1 saturated carbocycles. The van der Waals surface area contributed by atoms with E-state index >= 15 is 0 Å². The van der Waals surface area contributed by atoms with Crippen LogP contribution in [-0.2, 0) is 9.59 Å². The molecule has 1 unspecified atom stereocenters. The highest BCUT2D eigenvalue weighted by Gasteiger charge is 2.41. The van der Waals surface area contributed by atoms with Crippen molar-refractivity contribution in [2.75, 3.05) is 13.6 Å². The summed E-state index contributed by atoms with van der Waals surface area (Å²) in [6.07, 6.45) is 2.61. The second-order valence-electron chi connectivity index (χ2n) is 5.47. The van der Waals surface area contributed by atoms with E-state index in [0.717, 1.165) is 25.7 Å². The van der Waals surface area contributed by atoms with Crippen LogP contribution in [-0.4, -0.2) is 36.6 Å². The molecule has 0 bridgehead atoms. The third-order valence-corrected chi connectivity index (χ3v) is 3.77. The van der Waals surface area contributed by atoms with E-state index in [4.69, 9.17) is 0 Å². The first kappa shape index (κ1) is 15.0. The zero-order valence-corrected chi connectivity index (χ0v) is 11.5. The smallest absolute Gasteiger partial charge is 0.249 e. The summed E-state index contributed by atoms with van der Waals surface area (Å²) in [5, 5.41) is 15.0. The minimum atomic E-state index is -1.01. The van der Waals surface area contributed by atoms with Gasteiger partial charge in [-0.1, -0.05) is 26.7 Å². The minimum Gasteiger partial charge on any atom is -0.383 e. The van der Waals surface area contributed by atoms with Gasteiger partial charge in [0.05, 0.1) is 5.41 Å². The molecule has 0 saturated heterocycles. The number of carbonyl (C=O) groups excluding carboxylic acids is 2. The van der Waals surface area contributed by atoms with Gasteiger partial charge in [0.1, 0.15) is 6.10 Å². The van der Waals surface area contributed by atoms with Crippen molar-refractivity contribution in [3.8, 4) is 0 Å². The maximum atomic E-state index is 11.9. The lowest BCUT2D eigenvalue weighted by Crippen LogP contribution is -2.48. The Kier molecular flexibility index (Phi) is 5.14. The fourth-order valence-corrected chi connectivity index (χ4v) is 2.46. The minimum absolute atomic E-state index is 0.0145. The van der Waals surface area contributed by atoms with E-state index in [1.165, 1.54) is 0 Å². The number of amides is 2. The SMILES string of the molecule is CNC(=O)C1(CNC(=O)C(O)C(C)C)CCCC1. The summed E-state index contributed by atoms with van der Waals surface area (Å²) in [5.74, 6) is -0.524. The van der Waals surface area contributed by atoms with Crippen LogP contribution >= 0.6 is 0 Å². The number of aliphatic hydroxyl groups excluding tert-OH is 1. The van der Waals surface area contributed by atoms with Gasteiger partial charge in [-0.3, -0.25) is 9.59 Å². The molecule has 18 heavy (non-hydrogen) atoms. The highest BCUT2D eigenvalue weighted by molar-refractivity contribution is 5.85. The Morgan fingerprint density at radius 3 is 2.28 bits per heavy atom. The van der Waals surface area contributed by atoms with Crippen molar-refractivity contribution in [1.82, 2.24) is 10.6 Å². The molecule has 0 aromatic rings. The van der Waals surface area contributed by atoms with E-state index in [1.54, 1.807) is 20.9 Å². The van der Waals surface area contributed by atoms with Crippen LogP contribution in [0.25, 0.3) is 0 Å². The van der Waals surface area contributed by atoms with Crippen LogP contribution in [0, 0.1) is 11.3 Å². The van der Waals surface area contributed by atoms with E-state index in [9.17, 15) is 14.7 Å².